The van der Waals surface area contributed by atoms with Gasteiger partial charge in [0.1, 0.15) is 19.2 Å². The molecule has 2 aromatic heterocycles. The van der Waals surface area contributed by atoms with E-state index in [-0.39, 0.29) is 5.41 Å². The Morgan fingerprint density at radius 2 is 1.44 bits per heavy atom. The molecule has 1 aliphatic rings. The molecule has 2 heterocycles. The van der Waals surface area contributed by atoms with E-state index in [1.807, 2.05) is 11.3 Å². The van der Waals surface area contributed by atoms with Crippen molar-refractivity contribution in [3.8, 4) is 11.3 Å². The SMILES string of the molecule is CC(C)[Si](c1sc2ncnc3c2c1C(C)(C)c1cc2ccccc2cc1-3)(C(C)C)C(C)C. The van der Waals surface area contributed by atoms with Gasteiger partial charge in [-0.05, 0) is 55.2 Å². The second-order valence-corrected chi connectivity index (χ2v) is 18.2. The fourth-order valence-electron chi connectivity index (χ4n) is 6.91. The molecule has 5 rings (SSSR count). The molecular formula is C28H34N2SSi. The summed E-state index contributed by atoms with van der Waals surface area (Å²) in [5.74, 6) is 0. The molecule has 0 saturated carbocycles. The van der Waals surface area contributed by atoms with Crippen molar-refractivity contribution in [1.82, 2.24) is 9.97 Å². The van der Waals surface area contributed by atoms with Gasteiger partial charge in [0.15, 0.2) is 0 Å². The molecule has 0 atom stereocenters. The lowest BCUT2D eigenvalue weighted by molar-refractivity contribution is 0.649. The summed E-state index contributed by atoms with van der Waals surface area (Å²) in [7, 11) is -1.85. The first-order valence-electron chi connectivity index (χ1n) is 11.9. The van der Waals surface area contributed by atoms with Gasteiger partial charge in [-0.25, -0.2) is 9.97 Å². The Kier molecular flexibility index (Phi) is 4.92. The second kappa shape index (κ2) is 7.23. The van der Waals surface area contributed by atoms with Gasteiger partial charge in [0, 0.05) is 16.4 Å². The zero-order valence-corrected chi connectivity index (χ0v) is 22.4. The van der Waals surface area contributed by atoms with Crippen molar-refractivity contribution in [3.05, 3.63) is 53.9 Å². The summed E-state index contributed by atoms with van der Waals surface area (Å²) in [6.45, 7) is 19.7. The van der Waals surface area contributed by atoms with Crippen LogP contribution in [0.5, 0.6) is 0 Å². The maximum absolute atomic E-state index is 4.89. The van der Waals surface area contributed by atoms with Gasteiger partial charge in [-0.1, -0.05) is 79.7 Å². The third-order valence-corrected chi connectivity index (χ3v) is 17.2. The van der Waals surface area contributed by atoms with Gasteiger partial charge in [-0.2, -0.15) is 0 Å². The Morgan fingerprint density at radius 1 is 0.844 bits per heavy atom. The number of rotatable bonds is 4. The van der Waals surface area contributed by atoms with Crippen molar-refractivity contribution < 1.29 is 0 Å². The zero-order chi connectivity index (χ0) is 23.0. The lowest BCUT2D eigenvalue weighted by Gasteiger charge is -2.45. The minimum atomic E-state index is -1.85. The smallest absolute Gasteiger partial charge is 0.127 e. The van der Waals surface area contributed by atoms with E-state index in [1.54, 1.807) is 10.8 Å². The van der Waals surface area contributed by atoms with Gasteiger partial charge in [-0.15, -0.1) is 11.3 Å². The van der Waals surface area contributed by atoms with Crippen LogP contribution in [0.3, 0.4) is 0 Å². The lowest BCUT2D eigenvalue weighted by atomic mass is 9.71. The molecule has 0 amide bonds. The van der Waals surface area contributed by atoms with Gasteiger partial charge in [-0.3, -0.25) is 0 Å². The summed E-state index contributed by atoms with van der Waals surface area (Å²) in [5.41, 5.74) is 7.25. The molecule has 0 radical (unpaired) electrons. The lowest BCUT2D eigenvalue weighted by Crippen LogP contribution is -2.56. The normalized spacial score (nSPS) is 15.3. The summed E-state index contributed by atoms with van der Waals surface area (Å²) in [5, 5.41) is 3.91. The molecule has 1 aliphatic carbocycles. The van der Waals surface area contributed by atoms with Crippen LogP contribution in [0.15, 0.2) is 42.7 Å². The molecule has 0 bridgehead atoms. The number of fused-ring (bicyclic) bond motifs is 3. The van der Waals surface area contributed by atoms with Crippen molar-refractivity contribution >= 4 is 44.9 Å². The molecule has 4 heteroatoms. The molecule has 4 aromatic rings. The van der Waals surface area contributed by atoms with Crippen LogP contribution < -0.4 is 4.50 Å². The molecule has 0 spiro atoms. The number of hydrogen-bond donors (Lipinski definition) is 0. The van der Waals surface area contributed by atoms with Gasteiger partial charge in [0.05, 0.1) is 5.69 Å². The van der Waals surface area contributed by atoms with Crippen LogP contribution in [-0.4, -0.2) is 18.0 Å². The number of hydrogen-bond acceptors (Lipinski definition) is 3. The minimum Gasteiger partial charge on any atom is -0.236 e. The van der Waals surface area contributed by atoms with Crippen molar-refractivity contribution in [2.24, 2.45) is 0 Å². The molecule has 0 N–H and O–H groups in total. The summed E-state index contributed by atoms with van der Waals surface area (Å²) >= 11 is 1.98. The standard InChI is InChI=1S/C28H34N2SSi/c1-16(2)32(17(3)4,18(5)6)27-24-23-25(29-15-30-26(23)31-27)21-13-19-11-9-10-12-20(19)14-22(21)28(24,7)8/h9-18H,1-8H3. The van der Waals surface area contributed by atoms with Crippen molar-refractivity contribution in [2.45, 2.75) is 77.4 Å². The molecule has 166 valence electrons. The Morgan fingerprint density at radius 3 is 2.03 bits per heavy atom. The van der Waals surface area contributed by atoms with Crippen LogP contribution in [0.4, 0.5) is 0 Å². The highest BCUT2D eigenvalue weighted by Crippen LogP contribution is 2.53. The highest BCUT2D eigenvalue weighted by Gasteiger charge is 2.50. The second-order valence-electron chi connectivity index (χ2n) is 11.0. The maximum Gasteiger partial charge on any atom is 0.127 e. The number of nitrogens with zero attached hydrogens (tertiary/aromatic N) is 2. The Labute approximate surface area is 197 Å². The number of thiophene rings is 1. The van der Waals surface area contributed by atoms with Gasteiger partial charge < -0.3 is 0 Å². The first-order valence-corrected chi connectivity index (χ1v) is 15.0. The third-order valence-electron chi connectivity index (χ3n) is 8.19. The predicted molar refractivity (Wildman–Crippen MR) is 143 cm³/mol. The molecule has 0 aliphatic heterocycles. The average Bonchev–Trinajstić information content (AvgIpc) is 3.12. The Hall–Kier alpha value is -2.04. The van der Waals surface area contributed by atoms with E-state index in [0.717, 1.165) is 5.69 Å². The average molecular weight is 459 g/mol. The van der Waals surface area contributed by atoms with E-state index in [1.165, 1.54) is 37.7 Å². The van der Waals surface area contributed by atoms with Crippen molar-refractivity contribution in [3.63, 3.8) is 0 Å². The molecular weight excluding hydrogens is 424 g/mol. The monoisotopic (exact) mass is 458 g/mol. The van der Waals surface area contributed by atoms with E-state index >= 15 is 0 Å². The van der Waals surface area contributed by atoms with Crippen LogP contribution in [0.25, 0.3) is 32.2 Å². The van der Waals surface area contributed by atoms with Crippen LogP contribution in [0.2, 0.25) is 16.6 Å². The molecule has 0 fully saturated rings. The Bertz CT molecular complexity index is 1320. The minimum absolute atomic E-state index is 0.0818. The zero-order valence-electron chi connectivity index (χ0n) is 20.6. The molecule has 32 heavy (non-hydrogen) atoms. The number of benzene rings is 2. The first kappa shape index (κ1) is 21.8. The topological polar surface area (TPSA) is 25.8 Å². The maximum atomic E-state index is 4.89. The molecule has 0 saturated heterocycles. The predicted octanol–water partition coefficient (Wildman–Crippen LogP) is 8.04. The molecule has 2 aromatic carbocycles. The summed E-state index contributed by atoms with van der Waals surface area (Å²) < 4.78 is 1.66. The molecule has 2 nitrogen and oxygen atoms in total. The van der Waals surface area contributed by atoms with E-state index < -0.39 is 8.07 Å². The summed E-state index contributed by atoms with van der Waals surface area (Å²) in [4.78, 5) is 10.9. The van der Waals surface area contributed by atoms with Crippen LogP contribution in [0, 0.1) is 0 Å². The highest BCUT2D eigenvalue weighted by atomic mass is 32.1. The largest absolute Gasteiger partial charge is 0.236 e. The Balaban J connectivity index is 1.95. The fourth-order valence-corrected chi connectivity index (χ4v) is 17.5. The van der Waals surface area contributed by atoms with Gasteiger partial charge in [0.25, 0.3) is 0 Å². The van der Waals surface area contributed by atoms with E-state index in [2.05, 4.69) is 91.8 Å². The summed E-state index contributed by atoms with van der Waals surface area (Å²) in [6.07, 6.45) is 1.78. The van der Waals surface area contributed by atoms with Gasteiger partial charge in [0.2, 0.25) is 0 Å². The van der Waals surface area contributed by atoms with Crippen molar-refractivity contribution in [2.75, 3.05) is 0 Å². The first-order chi connectivity index (χ1) is 15.1. The highest BCUT2D eigenvalue weighted by molar-refractivity contribution is 7.32. The van der Waals surface area contributed by atoms with Crippen LogP contribution in [-0.2, 0) is 5.41 Å². The molecule has 0 unspecified atom stereocenters. The summed E-state index contributed by atoms with van der Waals surface area (Å²) in [6, 6.07) is 13.5. The number of aromatic nitrogens is 2. The van der Waals surface area contributed by atoms with E-state index in [9.17, 15) is 0 Å². The van der Waals surface area contributed by atoms with E-state index in [0.29, 0.717) is 16.6 Å². The van der Waals surface area contributed by atoms with Crippen molar-refractivity contribution in [1.29, 1.82) is 0 Å². The van der Waals surface area contributed by atoms with Crippen LogP contribution in [0.1, 0.15) is 66.5 Å². The fraction of sp³-hybridized carbons (Fsp3) is 0.429. The third kappa shape index (κ3) is 2.69. The van der Waals surface area contributed by atoms with E-state index in [4.69, 9.17) is 9.97 Å². The van der Waals surface area contributed by atoms with Crippen LogP contribution >= 0.6 is 11.3 Å². The van der Waals surface area contributed by atoms with Gasteiger partial charge >= 0.3 is 0 Å². The quantitative estimate of drug-likeness (QED) is 0.289.